The first-order valence-corrected chi connectivity index (χ1v) is 9.30. The second kappa shape index (κ2) is 5.87. The number of carbonyl (C=O) groups excluding carboxylic acids is 1. The maximum atomic E-state index is 15.0. The van der Waals surface area contributed by atoms with Crippen molar-refractivity contribution in [2.75, 3.05) is 10.8 Å². The standard InChI is InChI=1S/C15H13F3N4O4S/c16-13-8(7-4-19-21(5-7)10-3-9(10)15(17)18)1-2-11(23)14(13)22-6-12(24)20-27(22,25)26/h1-2,4-5,9-10,15,23H,3,6H2,(H,20,24). The zero-order chi connectivity index (χ0) is 19.5. The third-order valence-electron chi connectivity index (χ3n) is 4.55. The number of hydrogen-bond donors (Lipinski definition) is 2. The fourth-order valence-corrected chi connectivity index (χ4v) is 4.26. The van der Waals surface area contributed by atoms with Gasteiger partial charge in [-0.25, -0.2) is 22.2 Å². The van der Waals surface area contributed by atoms with Crippen molar-refractivity contribution in [3.63, 3.8) is 0 Å². The van der Waals surface area contributed by atoms with E-state index in [4.69, 9.17) is 0 Å². The van der Waals surface area contributed by atoms with Crippen molar-refractivity contribution in [2.24, 2.45) is 5.92 Å². The number of aromatic hydroxyl groups is 1. The molecule has 1 amide bonds. The van der Waals surface area contributed by atoms with Gasteiger partial charge in [-0.2, -0.15) is 13.5 Å². The molecule has 1 aliphatic heterocycles. The van der Waals surface area contributed by atoms with E-state index in [9.17, 15) is 27.1 Å². The number of carbonyl (C=O) groups is 1. The van der Waals surface area contributed by atoms with E-state index in [1.807, 2.05) is 0 Å². The zero-order valence-corrected chi connectivity index (χ0v) is 14.3. The van der Waals surface area contributed by atoms with E-state index in [1.165, 1.54) is 23.1 Å². The van der Waals surface area contributed by atoms with Gasteiger partial charge in [0, 0.05) is 23.2 Å². The van der Waals surface area contributed by atoms with Crippen molar-refractivity contribution in [1.82, 2.24) is 14.5 Å². The van der Waals surface area contributed by atoms with Crippen LogP contribution in [0.4, 0.5) is 18.9 Å². The average Bonchev–Trinajstić information content (AvgIpc) is 3.15. The Balaban J connectivity index is 1.72. The Morgan fingerprint density at radius 1 is 1.33 bits per heavy atom. The molecule has 1 aliphatic carbocycles. The first-order valence-electron chi connectivity index (χ1n) is 7.86. The minimum absolute atomic E-state index is 0.0853. The van der Waals surface area contributed by atoms with E-state index in [-0.39, 0.29) is 17.5 Å². The Morgan fingerprint density at radius 3 is 2.67 bits per heavy atom. The van der Waals surface area contributed by atoms with Gasteiger partial charge >= 0.3 is 10.2 Å². The van der Waals surface area contributed by atoms with Crippen molar-refractivity contribution in [3.05, 3.63) is 30.3 Å². The maximum Gasteiger partial charge on any atom is 0.326 e. The van der Waals surface area contributed by atoms with Crippen LogP contribution >= 0.6 is 0 Å². The van der Waals surface area contributed by atoms with E-state index < -0.39 is 58.3 Å². The monoisotopic (exact) mass is 402 g/mol. The molecule has 2 aromatic rings. The van der Waals surface area contributed by atoms with Gasteiger partial charge in [-0.15, -0.1) is 0 Å². The third kappa shape index (κ3) is 2.89. The Hall–Kier alpha value is -2.76. The molecule has 1 saturated heterocycles. The molecular weight excluding hydrogens is 389 g/mol. The van der Waals surface area contributed by atoms with Gasteiger partial charge in [0.2, 0.25) is 6.43 Å². The van der Waals surface area contributed by atoms with Gasteiger partial charge in [-0.05, 0) is 18.6 Å². The fraction of sp³-hybridized carbons (Fsp3) is 0.333. The minimum atomic E-state index is -4.32. The molecule has 144 valence electrons. The highest BCUT2D eigenvalue weighted by Gasteiger charge is 2.46. The number of aromatic nitrogens is 2. The number of phenols is 1. The van der Waals surface area contributed by atoms with Crippen LogP contribution in [0.25, 0.3) is 11.1 Å². The number of hydrogen-bond acceptors (Lipinski definition) is 5. The highest BCUT2D eigenvalue weighted by Crippen LogP contribution is 2.47. The topological polar surface area (TPSA) is 105 Å². The van der Waals surface area contributed by atoms with Crippen LogP contribution in [0, 0.1) is 11.7 Å². The Labute approximate surface area is 151 Å². The summed E-state index contributed by atoms with van der Waals surface area (Å²) in [6, 6.07) is 1.83. The van der Waals surface area contributed by atoms with Gasteiger partial charge in [-0.1, -0.05) is 0 Å². The first kappa shape index (κ1) is 17.6. The predicted octanol–water partition coefficient (Wildman–Crippen LogP) is 1.40. The second-order valence-electron chi connectivity index (χ2n) is 6.34. The molecule has 2 atom stereocenters. The molecule has 1 aromatic heterocycles. The Morgan fingerprint density at radius 2 is 2.07 bits per heavy atom. The number of amides is 1. The van der Waals surface area contributed by atoms with Gasteiger partial charge in [0.05, 0.1) is 12.2 Å². The molecule has 1 saturated carbocycles. The van der Waals surface area contributed by atoms with Crippen molar-refractivity contribution in [1.29, 1.82) is 0 Å². The largest absolute Gasteiger partial charge is 0.506 e. The number of halogens is 3. The molecular formula is C15H13F3N4O4S. The van der Waals surface area contributed by atoms with Gasteiger partial charge in [0.25, 0.3) is 5.91 Å². The summed E-state index contributed by atoms with van der Waals surface area (Å²) in [5.74, 6) is -3.40. The van der Waals surface area contributed by atoms with Crippen LogP contribution in [-0.4, -0.2) is 42.2 Å². The lowest BCUT2D eigenvalue weighted by Crippen LogP contribution is -2.30. The number of phenolic OH excluding ortho intramolecular Hbond substituents is 1. The van der Waals surface area contributed by atoms with E-state index in [0.29, 0.717) is 4.31 Å². The van der Waals surface area contributed by atoms with Crippen LogP contribution in [0.5, 0.6) is 5.75 Å². The number of nitrogens with one attached hydrogen (secondary N) is 1. The number of alkyl halides is 2. The van der Waals surface area contributed by atoms with Crippen LogP contribution in [0.15, 0.2) is 24.5 Å². The number of anilines is 1. The number of rotatable bonds is 4. The Bertz CT molecular complexity index is 1040. The molecule has 0 bridgehead atoms. The molecule has 0 spiro atoms. The summed E-state index contributed by atoms with van der Waals surface area (Å²) >= 11 is 0. The van der Waals surface area contributed by atoms with Crippen molar-refractivity contribution < 1.29 is 31.5 Å². The molecule has 0 radical (unpaired) electrons. The molecule has 4 rings (SSSR count). The highest BCUT2D eigenvalue weighted by atomic mass is 32.2. The second-order valence-corrected chi connectivity index (χ2v) is 7.94. The summed E-state index contributed by atoms with van der Waals surface area (Å²) in [4.78, 5) is 11.4. The molecule has 2 unspecified atom stereocenters. The molecule has 1 aromatic carbocycles. The average molecular weight is 402 g/mol. The van der Waals surface area contributed by atoms with Gasteiger partial charge in [-0.3, -0.25) is 9.48 Å². The van der Waals surface area contributed by atoms with Crippen LogP contribution in [0.3, 0.4) is 0 Å². The molecule has 8 nitrogen and oxygen atoms in total. The van der Waals surface area contributed by atoms with E-state index in [0.717, 1.165) is 6.07 Å². The number of benzene rings is 1. The van der Waals surface area contributed by atoms with E-state index in [2.05, 4.69) is 5.10 Å². The summed E-state index contributed by atoms with van der Waals surface area (Å²) < 4.78 is 67.8. The summed E-state index contributed by atoms with van der Waals surface area (Å²) in [5.41, 5.74) is -0.530. The predicted molar refractivity (Wildman–Crippen MR) is 86.8 cm³/mol. The van der Waals surface area contributed by atoms with Crippen molar-refractivity contribution in [3.8, 4) is 16.9 Å². The van der Waals surface area contributed by atoms with Crippen LogP contribution in [0.2, 0.25) is 0 Å². The van der Waals surface area contributed by atoms with Gasteiger partial charge < -0.3 is 5.11 Å². The Kier molecular flexibility index (Phi) is 3.84. The molecule has 2 N–H and O–H groups in total. The first-order chi connectivity index (χ1) is 12.7. The summed E-state index contributed by atoms with van der Waals surface area (Å²) in [5, 5.41) is 13.9. The quantitative estimate of drug-likeness (QED) is 0.805. The summed E-state index contributed by atoms with van der Waals surface area (Å²) in [6.45, 7) is -0.673. The van der Waals surface area contributed by atoms with Crippen LogP contribution < -0.4 is 9.03 Å². The normalized spacial score (nSPS) is 23.7. The molecule has 2 heterocycles. The zero-order valence-electron chi connectivity index (χ0n) is 13.5. The smallest absolute Gasteiger partial charge is 0.326 e. The highest BCUT2D eigenvalue weighted by molar-refractivity contribution is 7.92. The summed E-state index contributed by atoms with van der Waals surface area (Å²) in [7, 11) is -4.32. The SMILES string of the molecule is O=C1CN(c2c(O)ccc(-c3cnn(C4CC4C(F)F)c3)c2F)S(=O)(=O)N1. The molecule has 27 heavy (non-hydrogen) atoms. The van der Waals surface area contributed by atoms with E-state index >= 15 is 4.39 Å². The van der Waals surface area contributed by atoms with Crippen LogP contribution in [-0.2, 0) is 15.0 Å². The van der Waals surface area contributed by atoms with Crippen LogP contribution in [0.1, 0.15) is 12.5 Å². The minimum Gasteiger partial charge on any atom is -0.506 e. The van der Waals surface area contributed by atoms with E-state index in [1.54, 1.807) is 4.72 Å². The lowest BCUT2D eigenvalue weighted by molar-refractivity contribution is -0.117. The maximum absolute atomic E-state index is 15.0. The van der Waals surface area contributed by atoms with Gasteiger partial charge in [0.1, 0.15) is 18.0 Å². The third-order valence-corrected chi connectivity index (χ3v) is 5.92. The lowest BCUT2D eigenvalue weighted by atomic mass is 10.1. The molecule has 2 aliphatic rings. The fourth-order valence-electron chi connectivity index (χ4n) is 3.09. The van der Waals surface area contributed by atoms with Crippen molar-refractivity contribution in [2.45, 2.75) is 18.9 Å². The van der Waals surface area contributed by atoms with Gasteiger partial charge in [0.15, 0.2) is 5.82 Å². The van der Waals surface area contributed by atoms with Crippen molar-refractivity contribution >= 4 is 21.8 Å². The number of nitrogens with zero attached hydrogens (tertiary/aromatic N) is 3. The molecule has 12 heteroatoms. The lowest BCUT2D eigenvalue weighted by Gasteiger charge is -2.18. The summed E-state index contributed by atoms with van der Waals surface area (Å²) in [6.07, 6.45) is 0.447. The molecule has 2 fully saturated rings.